The number of hydrogen-bond donors (Lipinski definition) is 0. The van der Waals surface area contributed by atoms with E-state index in [-0.39, 0.29) is 23.1 Å². The van der Waals surface area contributed by atoms with Crippen molar-refractivity contribution >= 4 is 11.8 Å². The van der Waals surface area contributed by atoms with E-state index >= 15 is 0 Å². The van der Waals surface area contributed by atoms with Gasteiger partial charge in [-0.3, -0.25) is 9.59 Å². The normalized spacial score (nSPS) is 20.6. The lowest BCUT2D eigenvalue weighted by Crippen LogP contribution is -2.34. The largest absolute Gasteiger partial charge is 0.342 e. The molecule has 1 unspecified atom stereocenters. The molecule has 1 aromatic heterocycles. The molecule has 3 heterocycles. The highest BCUT2D eigenvalue weighted by Crippen LogP contribution is 2.28. The standard InChI is InChI=1S/C19H28N4O2/c1-12(2)8-22-9-13(6-16(22)24)17(25)23-10-14-7-20-18(19(3,4)5)21-15(14)11-23/h7,12-13H,6,8-11H2,1-5H3. The number of rotatable bonds is 3. The highest BCUT2D eigenvalue weighted by atomic mass is 16.2. The highest BCUT2D eigenvalue weighted by molar-refractivity contribution is 5.89. The minimum absolute atomic E-state index is 0.0647. The summed E-state index contributed by atoms with van der Waals surface area (Å²) in [5, 5.41) is 0. The summed E-state index contributed by atoms with van der Waals surface area (Å²) in [5.74, 6) is 1.16. The van der Waals surface area contributed by atoms with Crippen molar-refractivity contribution in [3.8, 4) is 0 Å². The van der Waals surface area contributed by atoms with E-state index in [1.807, 2.05) is 16.0 Å². The molecule has 6 nitrogen and oxygen atoms in total. The van der Waals surface area contributed by atoms with Crippen molar-refractivity contribution in [2.45, 2.75) is 59.5 Å². The molecule has 2 amide bonds. The van der Waals surface area contributed by atoms with Gasteiger partial charge in [-0.25, -0.2) is 9.97 Å². The van der Waals surface area contributed by atoms with Crippen LogP contribution in [0.3, 0.4) is 0 Å². The summed E-state index contributed by atoms with van der Waals surface area (Å²) >= 11 is 0. The number of carbonyl (C=O) groups excluding carboxylic acids is 2. The van der Waals surface area contributed by atoms with Gasteiger partial charge in [0.2, 0.25) is 11.8 Å². The molecule has 1 atom stereocenters. The molecule has 25 heavy (non-hydrogen) atoms. The van der Waals surface area contributed by atoms with E-state index in [9.17, 15) is 9.59 Å². The van der Waals surface area contributed by atoms with Crippen LogP contribution < -0.4 is 0 Å². The maximum Gasteiger partial charge on any atom is 0.228 e. The van der Waals surface area contributed by atoms with Gasteiger partial charge in [0.15, 0.2) is 0 Å². The lowest BCUT2D eigenvalue weighted by molar-refractivity contribution is -0.136. The van der Waals surface area contributed by atoms with Crippen molar-refractivity contribution < 1.29 is 9.59 Å². The average molecular weight is 344 g/mol. The zero-order valence-electron chi connectivity index (χ0n) is 15.9. The van der Waals surface area contributed by atoms with E-state index in [1.54, 1.807) is 0 Å². The number of carbonyl (C=O) groups is 2. The summed E-state index contributed by atoms with van der Waals surface area (Å²) < 4.78 is 0. The molecule has 1 saturated heterocycles. The third-order valence-corrected chi connectivity index (χ3v) is 4.79. The summed E-state index contributed by atoms with van der Waals surface area (Å²) in [5.41, 5.74) is 1.85. The Morgan fingerprint density at radius 2 is 2.04 bits per heavy atom. The Bertz CT molecular complexity index is 693. The van der Waals surface area contributed by atoms with Crippen molar-refractivity contribution in [2.24, 2.45) is 11.8 Å². The number of nitrogens with zero attached hydrogens (tertiary/aromatic N) is 4. The number of amides is 2. The zero-order chi connectivity index (χ0) is 18.4. The van der Waals surface area contributed by atoms with Gasteiger partial charge in [0.05, 0.1) is 18.2 Å². The molecular weight excluding hydrogens is 316 g/mol. The fourth-order valence-electron chi connectivity index (χ4n) is 3.48. The number of hydrogen-bond acceptors (Lipinski definition) is 4. The third-order valence-electron chi connectivity index (χ3n) is 4.79. The monoisotopic (exact) mass is 344 g/mol. The molecule has 0 aliphatic carbocycles. The van der Waals surface area contributed by atoms with E-state index < -0.39 is 0 Å². The van der Waals surface area contributed by atoms with E-state index in [0.29, 0.717) is 32.0 Å². The van der Waals surface area contributed by atoms with Crippen LogP contribution in [0.5, 0.6) is 0 Å². The molecule has 0 N–H and O–H groups in total. The summed E-state index contributed by atoms with van der Waals surface area (Å²) in [6.07, 6.45) is 2.18. The van der Waals surface area contributed by atoms with Crippen molar-refractivity contribution in [3.05, 3.63) is 23.3 Å². The summed E-state index contributed by atoms with van der Waals surface area (Å²) in [4.78, 5) is 37.8. The SMILES string of the molecule is CC(C)CN1CC(C(=O)N2Cc3cnc(C(C)(C)C)nc3C2)CC1=O. The topological polar surface area (TPSA) is 66.4 Å². The third kappa shape index (κ3) is 3.67. The van der Waals surface area contributed by atoms with Gasteiger partial charge in [-0.05, 0) is 5.92 Å². The van der Waals surface area contributed by atoms with E-state index in [4.69, 9.17) is 0 Å². The molecule has 6 heteroatoms. The molecule has 0 aromatic carbocycles. The van der Waals surface area contributed by atoms with Crippen LogP contribution >= 0.6 is 0 Å². The molecule has 2 aliphatic heterocycles. The molecule has 0 saturated carbocycles. The second-order valence-electron chi connectivity index (χ2n) is 8.70. The average Bonchev–Trinajstić information content (AvgIpc) is 3.08. The second-order valence-corrected chi connectivity index (χ2v) is 8.70. The first-order valence-electron chi connectivity index (χ1n) is 9.07. The van der Waals surface area contributed by atoms with Crippen molar-refractivity contribution in [2.75, 3.05) is 13.1 Å². The van der Waals surface area contributed by atoms with Gasteiger partial charge < -0.3 is 9.80 Å². The molecule has 0 bridgehead atoms. The lowest BCUT2D eigenvalue weighted by Gasteiger charge is -2.21. The molecule has 0 radical (unpaired) electrons. The highest BCUT2D eigenvalue weighted by Gasteiger charge is 2.38. The van der Waals surface area contributed by atoms with Crippen LogP contribution in [-0.2, 0) is 28.1 Å². The molecule has 1 fully saturated rings. The quantitative estimate of drug-likeness (QED) is 0.842. The van der Waals surface area contributed by atoms with Gasteiger partial charge in [-0.2, -0.15) is 0 Å². The second kappa shape index (κ2) is 6.39. The van der Waals surface area contributed by atoms with Crippen LogP contribution in [0.2, 0.25) is 0 Å². The van der Waals surface area contributed by atoms with Gasteiger partial charge in [-0.15, -0.1) is 0 Å². The van der Waals surface area contributed by atoms with Crippen molar-refractivity contribution in [1.82, 2.24) is 19.8 Å². The first-order valence-corrected chi connectivity index (χ1v) is 9.07. The predicted octanol–water partition coefficient (Wildman–Crippen LogP) is 2.12. The molecule has 2 aliphatic rings. The molecule has 3 rings (SSSR count). The fraction of sp³-hybridized carbons (Fsp3) is 0.684. The minimum atomic E-state index is -0.226. The van der Waals surface area contributed by atoms with E-state index in [1.165, 1.54) is 0 Å². The van der Waals surface area contributed by atoms with Crippen LogP contribution in [-0.4, -0.2) is 44.7 Å². The molecular formula is C19H28N4O2. The van der Waals surface area contributed by atoms with Gasteiger partial charge in [0.25, 0.3) is 0 Å². The zero-order valence-corrected chi connectivity index (χ0v) is 15.9. The Hall–Kier alpha value is -1.98. The lowest BCUT2D eigenvalue weighted by atomic mass is 9.95. The Balaban J connectivity index is 1.68. The minimum Gasteiger partial charge on any atom is -0.342 e. The van der Waals surface area contributed by atoms with Gasteiger partial charge >= 0.3 is 0 Å². The summed E-state index contributed by atoms with van der Waals surface area (Å²) in [7, 11) is 0. The molecule has 136 valence electrons. The van der Waals surface area contributed by atoms with Crippen LogP contribution in [0.4, 0.5) is 0 Å². The van der Waals surface area contributed by atoms with E-state index in [2.05, 4.69) is 44.6 Å². The fourth-order valence-corrected chi connectivity index (χ4v) is 3.48. The number of aromatic nitrogens is 2. The maximum atomic E-state index is 12.9. The van der Waals surface area contributed by atoms with Crippen LogP contribution in [0.1, 0.15) is 58.1 Å². The smallest absolute Gasteiger partial charge is 0.228 e. The van der Waals surface area contributed by atoms with Gasteiger partial charge in [0.1, 0.15) is 5.82 Å². The van der Waals surface area contributed by atoms with Gasteiger partial charge in [0, 0.05) is 43.2 Å². The van der Waals surface area contributed by atoms with Crippen molar-refractivity contribution in [3.63, 3.8) is 0 Å². The van der Waals surface area contributed by atoms with Crippen LogP contribution in [0, 0.1) is 11.8 Å². The van der Waals surface area contributed by atoms with Crippen molar-refractivity contribution in [1.29, 1.82) is 0 Å². The Labute approximate surface area is 149 Å². The first-order chi connectivity index (χ1) is 11.6. The summed E-state index contributed by atoms with van der Waals surface area (Å²) in [6, 6.07) is 0. The Morgan fingerprint density at radius 3 is 2.68 bits per heavy atom. The van der Waals surface area contributed by atoms with Crippen LogP contribution in [0.25, 0.3) is 0 Å². The summed E-state index contributed by atoms with van der Waals surface area (Å²) in [6.45, 7) is 12.8. The molecule has 1 aromatic rings. The first kappa shape index (κ1) is 17.8. The Morgan fingerprint density at radius 1 is 1.32 bits per heavy atom. The van der Waals surface area contributed by atoms with Gasteiger partial charge in [-0.1, -0.05) is 34.6 Å². The predicted molar refractivity (Wildman–Crippen MR) is 94.5 cm³/mol. The Kier molecular flexibility index (Phi) is 4.56. The van der Waals surface area contributed by atoms with Crippen LogP contribution in [0.15, 0.2) is 6.20 Å². The molecule has 0 spiro atoms. The maximum absolute atomic E-state index is 12.9. The van der Waals surface area contributed by atoms with E-state index in [0.717, 1.165) is 23.6 Å². The number of likely N-dealkylation sites (tertiary alicyclic amines) is 1. The number of fused-ring (bicyclic) bond motifs is 1.